The van der Waals surface area contributed by atoms with Gasteiger partial charge in [0.05, 0.1) is 30.6 Å². The van der Waals surface area contributed by atoms with Gasteiger partial charge in [0.2, 0.25) is 0 Å². The lowest BCUT2D eigenvalue weighted by atomic mass is 10.1. The van der Waals surface area contributed by atoms with Gasteiger partial charge in [0.15, 0.2) is 9.84 Å². The number of ether oxygens (including phenoxy) is 2. The molecule has 0 fully saturated rings. The molecule has 0 spiro atoms. The number of carbonyl (C=O) groups is 1. The molecule has 0 saturated heterocycles. The van der Waals surface area contributed by atoms with Crippen molar-refractivity contribution in [3.05, 3.63) is 54.1 Å². The Kier molecular flexibility index (Phi) is 4.99. The molecule has 0 bridgehead atoms. The summed E-state index contributed by atoms with van der Waals surface area (Å²) < 4.78 is 34.9. The van der Waals surface area contributed by atoms with Crippen LogP contribution in [0.25, 0.3) is 6.08 Å². The zero-order valence-electron chi connectivity index (χ0n) is 14.5. The number of rotatable bonds is 4. The predicted octanol–water partition coefficient (Wildman–Crippen LogP) is 2.54. The lowest BCUT2D eigenvalue weighted by Gasteiger charge is -2.28. The molecule has 0 N–H and O–H groups in total. The van der Waals surface area contributed by atoms with Crippen molar-refractivity contribution in [2.75, 3.05) is 31.4 Å². The summed E-state index contributed by atoms with van der Waals surface area (Å²) in [6, 6.07) is 11.8. The van der Waals surface area contributed by atoms with E-state index in [9.17, 15) is 13.2 Å². The fourth-order valence-corrected chi connectivity index (χ4v) is 4.26. The van der Waals surface area contributed by atoms with Crippen LogP contribution in [0.2, 0.25) is 0 Å². The third-order valence-electron chi connectivity index (χ3n) is 4.18. The van der Waals surface area contributed by atoms with Crippen LogP contribution in [0.4, 0.5) is 5.69 Å². The normalized spacial score (nSPS) is 15.5. The molecular weight excluding hydrogens is 354 g/mol. The van der Waals surface area contributed by atoms with Gasteiger partial charge in [-0.3, -0.25) is 4.79 Å². The van der Waals surface area contributed by atoms with Crippen LogP contribution < -0.4 is 14.4 Å². The van der Waals surface area contributed by atoms with E-state index in [0.29, 0.717) is 22.7 Å². The zero-order chi connectivity index (χ0) is 18.7. The van der Waals surface area contributed by atoms with Gasteiger partial charge in [-0.25, -0.2) is 8.42 Å². The number of benzene rings is 2. The van der Waals surface area contributed by atoms with Gasteiger partial charge in [-0.15, -0.1) is 0 Å². The largest absolute Gasteiger partial charge is 0.497 e. The van der Waals surface area contributed by atoms with Crippen molar-refractivity contribution in [3.63, 3.8) is 0 Å². The monoisotopic (exact) mass is 373 g/mol. The summed E-state index contributed by atoms with van der Waals surface area (Å²) in [5.74, 6) is 0.868. The van der Waals surface area contributed by atoms with Crippen molar-refractivity contribution < 1.29 is 22.7 Å². The van der Waals surface area contributed by atoms with Crippen molar-refractivity contribution in [1.82, 2.24) is 0 Å². The van der Waals surface area contributed by atoms with E-state index < -0.39 is 9.84 Å². The maximum atomic E-state index is 12.7. The van der Waals surface area contributed by atoms with Gasteiger partial charge in [-0.2, -0.15) is 0 Å². The lowest BCUT2D eigenvalue weighted by Crippen LogP contribution is -2.38. The molecule has 0 unspecified atom stereocenters. The van der Waals surface area contributed by atoms with Gasteiger partial charge in [0.25, 0.3) is 5.91 Å². The van der Waals surface area contributed by atoms with E-state index in [1.807, 2.05) is 0 Å². The molecule has 1 aliphatic heterocycles. The van der Waals surface area contributed by atoms with Crippen molar-refractivity contribution in [2.24, 2.45) is 0 Å². The lowest BCUT2D eigenvalue weighted by molar-refractivity contribution is -0.114. The average molecular weight is 373 g/mol. The SMILES string of the molecule is COc1ccc(OC)c(C=CC(=O)N2CCS(=O)(=O)c3ccccc32)c1. The molecule has 136 valence electrons. The van der Waals surface area contributed by atoms with Crippen LogP contribution in [0.1, 0.15) is 5.56 Å². The van der Waals surface area contributed by atoms with Crippen LogP contribution in [0.5, 0.6) is 11.5 Å². The molecule has 0 saturated carbocycles. The van der Waals surface area contributed by atoms with Gasteiger partial charge in [-0.05, 0) is 36.4 Å². The highest BCUT2D eigenvalue weighted by molar-refractivity contribution is 7.91. The number of anilines is 1. The van der Waals surface area contributed by atoms with E-state index in [0.717, 1.165) is 0 Å². The van der Waals surface area contributed by atoms with Gasteiger partial charge in [0.1, 0.15) is 11.5 Å². The molecule has 6 nitrogen and oxygen atoms in total. The summed E-state index contributed by atoms with van der Waals surface area (Å²) in [4.78, 5) is 14.3. The van der Waals surface area contributed by atoms with Crippen LogP contribution in [0.15, 0.2) is 53.4 Å². The highest BCUT2D eigenvalue weighted by Crippen LogP contribution is 2.31. The van der Waals surface area contributed by atoms with E-state index in [1.54, 1.807) is 56.7 Å². The second kappa shape index (κ2) is 7.21. The summed E-state index contributed by atoms with van der Waals surface area (Å²) >= 11 is 0. The Morgan fingerprint density at radius 2 is 1.88 bits per heavy atom. The minimum atomic E-state index is -3.35. The molecule has 1 aliphatic rings. The fraction of sp³-hybridized carbons (Fsp3) is 0.211. The van der Waals surface area contributed by atoms with Crippen molar-refractivity contribution in [3.8, 4) is 11.5 Å². The quantitative estimate of drug-likeness (QED) is 0.770. The van der Waals surface area contributed by atoms with Gasteiger partial charge in [-0.1, -0.05) is 12.1 Å². The Bertz CT molecular complexity index is 966. The van der Waals surface area contributed by atoms with E-state index in [-0.39, 0.29) is 23.1 Å². The molecule has 0 atom stereocenters. The number of sulfone groups is 1. The molecule has 2 aromatic rings. The molecule has 2 aromatic carbocycles. The van der Waals surface area contributed by atoms with Gasteiger partial charge in [0, 0.05) is 18.2 Å². The molecular formula is C19H19NO5S. The van der Waals surface area contributed by atoms with Gasteiger partial charge < -0.3 is 14.4 Å². The first kappa shape index (κ1) is 18.0. The van der Waals surface area contributed by atoms with E-state index in [1.165, 1.54) is 17.0 Å². The Hall–Kier alpha value is -2.80. The highest BCUT2D eigenvalue weighted by Gasteiger charge is 2.30. The molecule has 7 heteroatoms. The minimum Gasteiger partial charge on any atom is -0.497 e. The Labute approximate surface area is 152 Å². The van der Waals surface area contributed by atoms with Crippen LogP contribution in [-0.2, 0) is 14.6 Å². The molecule has 0 radical (unpaired) electrons. The Morgan fingerprint density at radius 1 is 1.12 bits per heavy atom. The van der Waals surface area contributed by atoms with Crippen LogP contribution in [-0.4, -0.2) is 40.8 Å². The van der Waals surface area contributed by atoms with Crippen LogP contribution in [0, 0.1) is 0 Å². The first-order chi connectivity index (χ1) is 12.5. The number of nitrogens with zero attached hydrogens (tertiary/aromatic N) is 1. The van der Waals surface area contributed by atoms with Crippen molar-refractivity contribution in [1.29, 1.82) is 0 Å². The molecule has 26 heavy (non-hydrogen) atoms. The molecule has 1 amide bonds. The number of methoxy groups -OCH3 is 2. The van der Waals surface area contributed by atoms with E-state index in [2.05, 4.69) is 0 Å². The molecule has 0 aliphatic carbocycles. The number of hydrogen-bond donors (Lipinski definition) is 0. The number of fused-ring (bicyclic) bond motifs is 1. The number of amides is 1. The number of para-hydroxylation sites is 1. The van der Waals surface area contributed by atoms with Crippen molar-refractivity contribution in [2.45, 2.75) is 4.90 Å². The molecule has 3 rings (SSSR count). The van der Waals surface area contributed by atoms with Crippen molar-refractivity contribution >= 4 is 27.5 Å². The second-order valence-corrected chi connectivity index (χ2v) is 7.80. The summed E-state index contributed by atoms with van der Waals surface area (Å²) in [7, 11) is -0.240. The predicted molar refractivity (Wildman–Crippen MR) is 99.4 cm³/mol. The third-order valence-corrected chi connectivity index (χ3v) is 5.92. The summed E-state index contributed by atoms with van der Waals surface area (Å²) in [6.07, 6.45) is 3.04. The zero-order valence-corrected chi connectivity index (χ0v) is 15.3. The standard InChI is InChI=1S/C19H19NO5S/c1-24-15-8-9-17(25-2)14(13-15)7-10-19(21)20-11-12-26(22,23)18-6-4-3-5-16(18)20/h3-10,13H,11-12H2,1-2H3. The maximum Gasteiger partial charge on any atom is 0.251 e. The van der Waals surface area contributed by atoms with Gasteiger partial charge >= 0.3 is 0 Å². The summed E-state index contributed by atoms with van der Waals surface area (Å²) in [5, 5.41) is 0. The number of carbonyl (C=O) groups excluding carboxylic acids is 1. The topological polar surface area (TPSA) is 72.9 Å². The average Bonchev–Trinajstić information content (AvgIpc) is 2.66. The molecule has 0 aromatic heterocycles. The summed E-state index contributed by atoms with van der Waals surface area (Å²) in [5.41, 5.74) is 1.10. The Morgan fingerprint density at radius 3 is 2.62 bits per heavy atom. The van der Waals surface area contributed by atoms with E-state index in [4.69, 9.17) is 9.47 Å². The summed E-state index contributed by atoms with van der Waals surface area (Å²) in [6.45, 7) is 0.123. The van der Waals surface area contributed by atoms with Crippen LogP contribution >= 0.6 is 0 Å². The second-order valence-electron chi connectivity index (χ2n) is 5.72. The molecule has 1 heterocycles. The van der Waals surface area contributed by atoms with Crippen LogP contribution in [0.3, 0.4) is 0 Å². The number of hydrogen-bond acceptors (Lipinski definition) is 5. The minimum absolute atomic E-state index is 0.0912. The Balaban J connectivity index is 1.91. The third kappa shape index (κ3) is 3.43. The maximum absolute atomic E-state index is 12.7. The fourth-order valence-electron chi connectivity index (χ4n) is 2.83. The first-order valence-corrected chi connectivity index (χ1v) is 9.65. The first-order valence-electron chi connectivity index (χ1n) is 7.99. The highest BCUT2D eigenvalue weighted by atomic mass is 32.2. The smallest absolute Gasteiger partial charge is 0.251 e. The van der Waals surface area contributed by atoms with E-state index >= 15 is 0 Å².